The molecule has 0 aliphatic heterocycles. The van der Waals surface area contributed by atoms with E-state index in [1.807, 2.05) is 20.8 Å². The zero-order chi connectivity index (χ0) is 11.1. The van der Waals surface area contributed by atoms with Crippen LogP contribution in [0.2, 0.25) is 0 Å². The van der Waals surface area contributed by atoms with Crippen LogP contribution in [0.15, 0.2) is 19.4 Å². The van der Waals surface area contributed by atoms with E-state index >= 15 is 0 Å². The van der Waals surface area contributed by atoms with E-state index in [9.17, 15) is 0 Å². The quantitative estimate of drug-likeness (QED) is 0.777. The highest BCUT2D eigenvalue weighted by molar-refractivity contribution is 5.72. The van der Waals surface area contributed by atoms with Gasteiger partial charge in [0.25, 0.3) is 0 Å². The average Bonchev–Trinajstić information content (AvgIpc) is 2.24. The molecule has 1 aromatic rings. The van der Waals surface area contributed by atoms with Gasteiger partial charge in [-0.2, -0.15) is 0 Å². The van der Waals surface area contributed by atoms with E-state index < -0.39 is 0 Å². The molecular formula is C12H18N2. The molecule has 2 heteroatoms. The third kappa shape index (κ3) is 2.46. The molecule has 0 saturated heterocycles. The Morgan fingerprint density at radius 1 is 1.21 bits per heavy atom. The molecular weight excluding hydrogens is 172 g/mol. The van der Waals surface area contributed by atoms with Crippen molar-refractivity contribution in [2.75, 3.05) is 5.73 Å². The summed E-state index contributed by atoms with van der Waals surface area (Å²) in [6.45, 7) is 13.4. The van der Waals surface area contributed by atoms with Gasteiger partial charge in [-0.05, 0) is 18.1 Å². The van der Waals surface area contributed by atoms with Gasteiger partial charge in [-0.25, -0.2) is 4.98 Å². The van der Waals surface area contributed by atoms with Crippen molar-refractivity contribution in [3.63, 3.8) is 0 Å². The van der Waals surface area contributed by atoms with E-state index in [4.69, 9.17) is 5.73 Å². The molecule has 2 nitrogen and oxygen atoms in total. The number of nitrogen functional groups attached to an aromatic ring is 1. The molecule has 1 rings (SSSR count). The average molecular weight is 190 g/mol. The summed E-state index contributed by atoms with van der Waals surface area (Å²) >= 11 is 0. The van der Waals surface area contributed by atoms with E-state index in [0.717, 1.165) is 16.7 Å². The lowest BCUT2D eigenvalue weighted by molar-refractivity contribution is 1.26. The number of nitrogens with two attached hydrogens (primary N) is 1. The minimum atomic E-state index is 0.505. The SMILES string of the molecule is C=Cc1c(C)cnc(N)c1C=C.CC. The molecule has 0 bridgehead atoms. The van der Waals surface area contributed by atoms with Crippen LogP contribution in [0.5, 0.6) is 0 Å². The Hall–Kier alpha value is -1.57. The fourth-order valence-electron chi connectivity index (χ4n) is 1.14. The first kappa shape index (κ1) is 12.4. The molecule has 0 aliphatic carbocycles. The summed E-state index contributed by atoms with van der Waals surface area (Å²) in [5, 5.41) is 0. The molecule has 0 fully saturated rings. The number of rotatable bonds is 2. The Morgan fingerprint density at radius 3 is 2.07 bits per heavy atom. The third-order valence-electron chi connectivity index (χ3n) is 1.80. The van der Waals surface area contributed by atoms with Crippen molar-refractivity contribution in [2.45, 2.75) is 20.8 Å². The van der Waals surface area contributed by atoms with Crippen molar-refractivity contribution in [1.82, 2.24) is 4.98 Å². The second-order valence-corrected chi connectivity index (χ2v) is 2.56. The van der Waals surface area contributed by atoms with Crippen molar-refractivity contribution in [1.29, 1.82) is 0 Å². The van der Waals surface area contributed by atoms with Crippen molar-refractivity contribution in [2.24, 2.45) is 0 Å². The highest BCUT2D eigenvalue weighted by Gasteiger charge is 2.03. The first-order chi connectivity index (χ1) is 6.70. The monoisotopic (exact) mass is 190 g/mol. The number of pyridine rings is 1. The Balaban J connectivity index is 0.000000791. The van der Waals surface area contributed by atoms with Gasteiger partial charge in [0.15, 0.2) is 0 Å². The predicted molar refractivity (Wildman–Crippen MR) is 64.9 cm³/mol. The molecule has 0 unspecified atom stereocenters. The Bertz CT molecular complexity index is 294. The summed E-state index contributed by atoms with van der Waals surface area (Å²) in [4.78, 5) is 4.02. The van der Waals surface area contributed by atoms with Crippen LogP contribution in [0.25, 0.3) is 12.2 Å². The molecule has 76 valence electrons. The van der Waals surface area contributed by atoms with Crippen LogP contribution in [0.3, 0.4) is 0 Å². The second kappa shape index (κ2) is 5.97. The lowest BCUT2D eigenvalue weighted by Crippen LogP contribution is -1.97. The van der Waals surface area contributed by atoms with Crippen LogP contribution < -0.4 is 5.73 Å². The van der Waals surface area contributed by atoms with Gasteiger partial charge in [-0.3, -0.25) is 0 Å². The summed E-state index contributed by atoms with van der Waals surface area (Å²) in [7, 11) is 0. The fourth-order valence-corrected chi connectivity index (χ4v) is 1.14. The molecule has 14 heavy (non-hydrogen) atoms. The minimum Gasteiger partial charge on any atom is -0.383 e. The Kier molecular flexibility index (Phi) is 5.30. The number of aromatic nitrogens is 1. The first-order valence-electron chi connectivity index (χ1n) is 4.70. The van der Waals surface area contributed by atoms with Crippen molar-refractivity contribution < 1.29 is 0 Å². The molecule has 0 radical (unpaired) electrons. The molecule has 0 aromatic carbocycles. The highest BCUT2D eigenvalue weighted by atomic mass is 14.8. The zero-order valence-corrected chi connectivity index (χ0v) is 9.17. The Labute approximate surface area is 86.2 Å². The second-order valence-electron chi connectivity index (χ2n) is 2.56. The van der Waals surface area contributed by atoms with E-state index in [1.54, 1.807) is 18.3 Å². The maximum atomic E-state index is 5.65. The Morgan fingerprint density at radius 2 is 1.71 bits per heavy atom. The van der Waals surface area contributed by atoms with E-state index in [0.29, 0.717) is 5.82 Å². The fraction of sp³-hybridized carbons (Fsp3) is 0.250. The maximum absolute atomic E-state index is 5.65. The molecule has 0 amide bonds. The molecule has 0 spiro atoms. The van der Waals surface area contributed by atoms with Gasteiger partial charge in [-0.1, -0.05) is 39.2 Å². The number of hydrogen-bond donors (Lipinski definition) is 1. The third-order valence-corrected chi connectivity index (χ3v) is 1.80. The smallest absolute Gasteiger partial charge is 0.131 e. The lowest BCUT2D eigenvalue weighted by Gasteiger charge is -2.06. The van der Waals surface area contributed by atoms with E-state index in [1.165, 1.54) is 0 Å². The van der Waals surface area contributed by atoms with Gasteiger partial charge in [0.1, 0.15) is 5.82 Å². The first-order valence-corrected chi connectivity index (χ1v) is 4.70. The van der Waals surface area contributed by atoms with Crippen molar-refractivity contribution >= 4 is 18.0 Å². The highest BCUT2D eigenvalue weighted by Crippen LogP contribution is 2.20. The standard InChI is InChI=1S/C10H12N2.C2H6/c1-4-8-7(3)6-12-10(11)9(8)5-2;1-2/h4-6H,1-2H2,3H3,(H2,11,12);1-2H3. The zero-order valence-electron chi connectivity index (χ0n) is 9.17. The van der Waals surface area contributed by atoms with Gasteiger partial charge in [0.05, 0.1) is 0 Å². The van der Waals surface area contributed by atoms with Gasteiger partial charge in [0, 0.05) is 11.8 Å². The molecule has 1 aromatic heterocycles. The van der Waals surface area contributed by atoms with Gasteiger partial charge in [-0.15, -0.1) is 0 Å². The molecule has 1 heterocycles. The van der Waals surface area contributed by atoms with E-state index in [2.05, 4.69) is 18.1 Å². The predicted octanol–water partition coefficient (Wildman–Crippen LogP) is 3.28. The van der Waals surface area contributed by atoms with Crippen molar-refractivity contribution in [3.8, 4) is 0 Å². The number of hydrogen-bond acceptors (Lipinski definition) is 2. The molecule has 0 atom stereocenters. The summed E-state index contributed by atoms with van der Waals surface area (Å²) in [5.41, 5.74) is 8.59. The van der Waals surface area contributed by atoms with Crippen LogP contribution >= 0.6 is 0 Å². The summed E-state index contributed by atoms with van der Waals surface area (Å²) in [6, 6.07) is 0. The minimum absolute atomic E-state index is 0.505. The molecule has 2 N–H and O–H groups in total. The normalized spacial score (nSPS) is 8.50. The van der Waals surface area contributed by atoms with Crippen LogP contribution in [-0.2, 0) is 0 Å². The van der Waals surface area contributed by atoms with Crippen LogP contribution in [0, 0.1) is 6.92 Å². The van der Waals surface area contributed by atoms with E-state index in [-0.39, 0.29) is 0 Å². The van der Waals surface area contributed by atoms with Crippen molar-refractivity contribution in [3.05, 3.63) is 36.0 Å². The summed E-state index contributed by atoms with van der Waals surface area (Å²) in [5.74, 6) is 0.505. The topological polar surface area (TPSA) is 38.9 Å². The molecule has 0 saturated carbocycles. The largest absolute Gasteiger partial charge is 0.383 e. The van der Waals surface area contributed by atoms with Crippen LogP contribution in [-0.4, -0.2) is 4.98 Å². The molecule has 0 aliphatic rings. The number of aryl methyl sites for hydroxylation is 1. The van der Waals surface area contributed by atoms with Crippen LogP contribution in [0.4, 0.5) is 5.82 Å². The van der Waals surface area contributed by atoms with Gasteiger partial charge in [0.2, 0.25) is 0 Å². The number of anilines is 1. The summed E-state index contributed by atoms with van der Waals surface area (Å²) < 4.78 is 0. The number of nitrogens with zero attached hydrogens (tertiary/aromatic N) is 1. The lowest BCUT2D eigenvalue weighted by atomic mass is 10.0. The van der Waals surface area contributed by atoms with Crippen LogP contribution in [0.1, 0.15) is 30.5 Å². The maximum Gasteiger partial charge on any atom is 0.131 e. The summed E-state index contributed by atoms with van der Waals surface area (Å²) in [6.07, 6.45) is 5.20. The van der Waals surface area contributed by atoms with Gasteiger partial charge >= 0.3 is 0 Å². The van der Waals surface area contributed by atoms with Gasteiger partial charge < -0.3 is 5.73 Å².